The second-order valence-electron chi connectivity index (χ2n) is 3.61. The fourth-order valence-corrected chi connectivity index (χ4v) is 1.75. The molecular formula is C11H8BrN5O. The zero-order valence-electron chi connectivity index (χ0n) is 9.19. The molecule has 0 atom stereocenters. The Bertz CT molecular complexity index is 632. The van der Waals surface area contributed by atoms with Crippen LogP contribution in [-0.4, -0.2) is 25.2 Å². The first-order valence-electron chi connectivity index (χ1n) is 5.24. The molecule has 3 aromatic rings. The maximum atomic E-state index is 5.56. The summed E-state index contributed by atoms with van der Waals surface area (Å²) < 4.78 is 8.19. The van der Waals surface area contributed by atoms with Gasteiger partial charge in [-0.3, -0.25) is 0 Å². The third-order valence-corrected chi connectivity index (χ3v) is 2.86. The highest BCUT2D eigenvalue weighted by molar-refractivity contribution is 9.10. The number of hydrogen-bond acceptors (Lipinski definition) is 5. The predicted molar refractivity (Wildman–Crippen MR) is 66.6 cm³/mol. The average Bonchev–Trinajstić information content (AvgIpc) is 3.02. The van der Waals surface area contributed by atoms with Gasteiger partial charge in [0.2, 0.25) is 11.8 Å². The van der Waals surface area contributed by atoms with E-state index in [0.717, 1.165) is 10.0 Å². The fraction of sp³-hybridized carbons (Fsp3) is 0.0909. The van der Waals surface area contributed by atoms with Crippen LogP contribution in [0.1, 0.15) is 5.89 Å². The molecule has 0 bridgehead atoms. The number of rotatable bonds is 3. The molecule has 7 heteroatoms. The van der Waals surface area contributed by atoms with Crippen LogP contribution in [0.5, 0.6) is 0 Å². The van der Waals surface area contributed by atoms with Gasteiger partial charge in [0.05, 0.1) is 6.20 Å². The second kappa shape index (κ2) is 4.69. The summed E-state index contributed by atoms with van der Waals surface area (Å²) in [4.78, 5) is 0. The van der Waals surface area contributed by atoms with Crippen molar-refractivity contribution in [2.75, 3.05) is 0 Å². The number of nitrogens with zero attached hydrogens (tertiary/aromatic N) is 5. The minimum Gasteiger partial charge on any atom is -0.419 e. The Balaban J connectivity index is 1.83. The van der Waals surface area contributed by atoms with Crippen molar-refractivity contribution in [3.8, 4) is 11.5 Å². The minimum atomic E-state index is 0.420. The maximum Gasteiger partial charge on any atom is 0.247 e. The van der Waals surface area contributed by atoms with Gasteiger partial charge in [0, 0.05) is 16.2 Å². The van der Waals surface area contributed by atoms with Crippen molar-refractivity contribution in [1.82, 2.24) is 25.2 Å². The molecule has 2 heterocycles. The molecule has 0 aliphatic rings. The van der Waals surface area contributed by atoms with Crippen LogP contribution in [0.25, 0.3) is 11.5 Å². The zero-order chi connectivity index (χ0) is 12.4. The van der Waals surface area contributed by atoms with Crippen LogP contribution < -0.4 is 0 Å². The molecule has 0 saturated heterocycles. The Morgan fingerprint density at radius 2 is 2.00 bits per heavy atom. The molecule has 0 N–H and O–H groups in total. The zero-order valence-corrected chi connectivity index (χ0v) is 10.8. The normalized spacial score (nSPS) is 10.7. The molecule has 6 nitrogen and oxygen atoms in total. The van der Waals surface area contributed by atoms with Gasteiger partial charge in [-0.15, -0.1) is 15.3 Å². The fourth-order valence-electron chi connectivity index (χ4n) is 1.48. The molecule has 0 radical (unpaired) electrons. The lowest BCUT2D eigenvalue weighted by molar-refractivity contribution is 0.469. The van der Waals surface area contributed by atoms with Crippen LogP contribution in [0.2, 0.25) is 0 Å². The lowest BCUT2D eigenvalue weighted by Gasteiger charge is -1.95. The molecule has 3 rings (SSSR count). The summed E-state index contributed by atoms with van der Waals surface area (Å²) >= 11 is 3.38. The van der Waals surface area contributed by atoms with Gasteiger partial charge in [0.1, 0.15) is 6.54 Å². The molecule has 2 aromatic heterocycles. The van der Waals surface area contributed by atoms with E-state index in [9.17, 15) is 0 Å². The highest BCUT2D eigenvalue weighted by Gasteiger charge is 2.09. The Kier molecular flexibility index (Phi) is 2.89. The first-order valence-corrected chi connectivity index (χ1v) is 6.03. The van der Waals surface area contributed by atoms with Gasteiger partial charge < -0.3 is 4.42 Å². The molecule has 0 saturated carbocycles. The van der Waals surface area contributed by atoms with Crippen LogP contribution in [0.15, 0.2) is 45.5 Å². The van der Waals surface area contributed by atoms with Crippen molar-refractivity contribution in [3.05, 3.63) is 47.0 Å². The maximum absolute atomic E-state index is 5.56. The van der Waals surface area contributed by atoms with E-state index in [-0.39, 0.29) is 0 Å². The lowest BCUT2D eigenvalue weighted by Crippen LogP contribution is -2.00. The first-order chi connectivity index (χ1) is 8.81. The van der Waals surface area contributed by atoms with Crippen LogP contribution >= 0.6 is 15.9 Å². The van der Waals surface area contributed by atoms with Gasteiger partial charge in [-0.05, 0) is 24.3 Å². The van der Waals surface area contributed by atoms with Crippen molar-refractivity contribution in [1.29, 1.82) is 0 Å². The van der Waals surface area contributed by atoms with E-state index in [4.69, 9.17) is 4.42 Å². The summed E-state index contributed by atoms with van der Waals surface area (Å²) in [6.07, 6.45) is 3.34. The summed E-state index contributed by atoms with van der Waals surface area (Å²) in [6.45, 7) is 0.420. The van der Waals surface area contributed by atoms with E-state index in [1.54, 1.807) is 17.1 Å². The average molecular weight is 306 g/mol. The van der Waals surface area contributed by atoms with Crippen LogP contribution in [0.3, 0.4) is 0 Å². The summed E-state index contributed by atoms with van der Waals surface area (Å²) in [6, 6.07) is 7.68. The van der Waals surface area contributed by atoms with Crippen molar-refractivity contribution in [2.45, 2.75) is 6.54 Å². The SMILES string of the molecule is Brc1ccc(-c2nnc(Cn3ccnn3)o2)cc1. The summed E-state index contributed by atoms with van der Waals surface area (Å²) in [5, 5.41) is 15.5. The van der Waals surface area contributed by atoms with E-state index in [1.165, 1.54) is 0 Å². The molecule has 90 valence electrons. The number of aromatic nitrogens is 5. The standard InChI is InChI=1S/C11H8BrN5O/c12-9-3-1-8(2-4-9)11-15-14-10(18-11)7-17-6-5-13-16-17/h1-6H,7H2. The minimum absolute atomic E-state index is 0.420. The molecule has 0 amide bonds. The molecule has 18 heavy (non-hydrogen) atoms. The van der Waals surface area contributed by atoms with E-state index in [1.807, 2.05) is 24.3 Å². The Morgan fingerprint density at radius 3 is 2.72 bits per heavy atom. The van der Waals surface area contributed by atoms with Gasteiger partial charge in [-0.1, -0.05) is 21.1 Å². The van der Waals surface area contributed by atoms with Gasteiger partial charge >= 0.3 is 0 Å². The van der Waals surface area contributed by atoms with Crippen molar-refractivity contribution >= 4 is 15.9 Å². The predicted octanol–water partition coefficient (Wildman–Crippen LogP) is 2.14. The number of benzene rings is 1. The second-order valence-corrected chi connectivity index (χ2v) is 4.52. The van der Waals surface area contributed by atoms with Crippen molar-refractivity contribution < 1.29 is 4.42 Å². The van der Waals surface area contributed by atoms with E-state index < -0.39 is 0 Å². The number of halogens is 1. The van der Waals surface area contributed by atoms with Crippen LogP contribution in [0.4, 0.5) is 0 Å². The van der Waals surface area contributed by atoms with Gasteiger partial charge in [0.25, 0.3) is 0 Å². The topological polar surface area (TPSA) is 69.6 Å². The highest BCUT2D eigenvalue weighted by atomic mass is 79.9. The van der Waals surface area contributed by atoms with E-state index in [0.29, 0.717) is 18.3 Å². The van der Waals surface area contributed by atoms with E-state index in [2.05, 4.69) is 36.4 Å². The monoisotopic (exact) mass is 305 g/mol. The van der Waals surface area contributed by atoms with Crippen molar-refractivity contribution in [3.63, 3.8) is 0 Å². The first kappa shape index (κ1) is 11.1. The Labute approximate surface area is 111 Å². The Morgan fingerprint density at radius 1 is 1.17 bits per heavy atom. The van der Waals surface area contributed by atoms with Crippen molar-refractivity contribution in [2.24, 2.45) is 0 Å². The summed E-state index contributed by atoms with van der Waals surface area (Å²) in [5.74, 6) is 0.996. The lowest BCUT2D eigenvalue weighted by atomic mass is 10.2. The third kappa shape index (κ3) is 2.30. The molecule has 1 aromatic carbocycles. The summed E-state index contributed by atoms with van der Waals surface area (Å²) in [5.41, 5.74) is 0.885. The quantitative estimate of drug-likeness (QED) is 0.741. The Hall–Kier alpha value is -2.02. The summed E-state index contributed by atoms with van der Waals surface area (Å²) in [7, 11) is 0. The largest absolute Gasteiger partial charge is 0.419 e. The molecule has 0 aliphatic carbocycles. The molecule has 0 fully saturated rings. The van der Waals surface area contributed by atoms with Crippen LogP contribution in [0, 0.1) is 0 Å². The molecule has 0 unspecified atom stereocenters. The van der Waals surface area contributed by atoms with Gasteiger partial charge in [0.15, 0.2) is 0 Å². The smallest absolute Gasteiger partial charge is 0.247 e. The third-order valence-electron chi connectivity index (χ3n) is 2.33. The van der Waals surface area contributed by atoms with Crippen LogP contribution in [-0.2, 0) is 6.54 Å². The highest BCUT2D eigenvalue weighted by Crippen LogP contribution is 2.20. The molecule has 0 spiro atoms. The van der Waals surface area contributed by atoms with Gasteiger partial charge in [-0.25, -0.2) is 4.68 Å². The van der Waals surface area contributed by atoms with Gasteiger partial charge in [-0.2, -0.15) is 0 Å². The molecular weight excluding hydrogens is 298 g/mol. The molecule has 0 aliphatic heterocycles. The number of hydrogen-bond donors (Lipinski definition) is 0. The van der Waals surface area contributed by atoms with E-state index >= 15 is 0 Å².